The number of hydrogen-bond donors (Lipinski definition) is 2. The van der Waals surface area contributed by atoms with Crippen molar-refractivity contribution in [3.8, 4) is 0 Å². The van der Waals surface area contributed by atoms with Crippen molar-refractivity contribution in [2.24, 2.45) is 0 Å². The number of aliphatic carboxylic acids is 1. The van der Waals surface area contributed by atoms with Gasteiger partial charge in [-0.15, -0.1) is 16.4 Å². The first kappa shape index (κ1) is 14.9. The summed E-state index contributed by atoms with van der Waals surface area (Å²) in [6.07, 6.45) is 0. The van der Waals surface area contributed by atoms with Crippen LogP contribution in [0.2, 0.25) is 0 Å². The molecule has 0 spiro atoms. The quantitative estimate of drug-likeness (QED) is 0.794. The third-order valence-electron chi connectivity index (χ3n) is 2.79. The maximum absolute atomic E-state index is 11.8. The number of aromatic amines is 1. The van der Waals surface area contributed by atoms with E-state index in [1.54, 1.807) is 11.3 Å². The van der Waals surface area contributed by atoms with Gasteiger partial charge in [-0.25, -0.2) is 9.89 Å². The Kier molecular flexibility index (Phi) is 4.34. The van der Waals surface area contributed by atoms with Crippen LogP contribution in [0.5, 0.6) is 0 Å². The fourth-order valence-corrected chi connectivity index (χ4v) is 3.33. The van der Waals surface area contributed by atoms with E-state index in [-0.39, 0.29) is 16.9 Å². The zero-order valence-electron chi connectivity index (χ0n) is 11.1. The van der Waals surface area contributed by atoms with Crippen molar-refractivity contribution >= 4 is 29.1 Å². The molecule has 20 heavy (non-hydrogen) atoms. The van der Waals surface area contributed by atoms with Crippen LogP contribution < -0.4 is 5.69 Å². The van der Waals surface area contributed by atoms with Crippen LogP contribution in [0, 0.1) is 0 Å². The van der Waals surface area contributed by atoms with E-state index in [0.717, 1.165) is 11.8 Å². The van der Waals surface area contributed by atoms with Crippen LogP contribution in [0.1, 0.15) is 18.7 Å². The van der Waals surface area contributed by atoms with Crippen molar-refractivity contribution in [2.75, 3.05) is 5.75 Å². The van der Waals surface area contributed by atoms with E-state index in [2.05, 4.69) is 10.2 Å². The average molecular weight is 313 g/mol. The molecule has 0 saturated heterocycles. The molecular weight excluding hydrogens is 298 g/mol. The minimum absolute atomic E-state index is 0.121. The molecular formula is C12H15N3O3S2. The van der Waals surface area contributed by atoms with E-state index in [0.29, 0.717) is 11.7 Å². The molecule has 0 aliphatic heterocycles. The molecule has 0 amide bonds. The normalized spacial score (nSPS) is 11.7. The number of carboxylic acid groups (broad SMARTS) is 1. The maximum atomic E-state index is 11.8. The molecule has 6 nitrogen and oxygen atoms in total. The van der Waals surface area contributed by atoms with Gasteiger partial charge in [0.15, 0.2) is 5.16 Å². The van der Waals surface area contributed by atoms with Crippen LogP contribution in [0.15, 0.2) is 27.5 Å². The van der Waals surface area contributed by atoms with E-state index in [4.69, 9.17) is 5.11 Å². The van der Waals surface area contributed by atoms with E-state index in [9.17, 15) is 9.59 Å². The van der Waals surface area contributed by atoms with E-state index in [1.165, 1.54) is 9.44 Å². The lowest BCUT2D eigenvalue weighted by molar-refractivity contribution is -0.133. The lowest BCUT2D eigenvalue weighted by Crippen LogP contribution is -2.30. The Labute approximate surface area is 123 Å². The smallest absolute Gasteiger partial charge is 0.344 e. The predicted octanol–water partition coefficient (Wildman–Crippen LogP) is 1.79. The number of thiophene rings is 1. The zero-order chi connectivity index (χ0) is 14.8. The number of nitrogens with zero attached hydrogens (tertiary/aromatic N) is 2. The summed E-state index contributed by atoms with van der Waals surface area (Å²) in [7, 11) is 0. The second kappa shape index (κ2) is 5.84. The Morgan fingerprint density at radius 1 is 1.60 bits per heavy atom. The molecule has 0 fully saturated rings. The second-order valence-corrected chi connectivity index (χ2v) is 6.83. The molecule has 0 radical (unpaired) electrons. The molecule has 0 saturated carbocycles. The number of hydrogen-bond acceptors (Lipinski definition) is 5. The molecule has 8 heteroatoms. The number of carbonyl (C=O) groups is 1. The molecule has 108 valence electrons. The van der Waals surface area contributed by atoms with E-state index >= 15 is 0 Å². The topological polar surface area (TPSA) is 88.0 Å². The molecule has 0 unspecified atom stereocenters. The summed E-state index contributed by atoms with van der Waals surface area (Å²) < 4.78 is 1.49. The molecule has 2 aromatic rings. The summed E-state index contributed by atoms with van der Waals surface area (Å²) in [5.41, 5.74) is -0.539. The van der Waals surface area contributed by atoms with Gasteiger partial charge in [0, 0.05) is 16.8 Å². The monoisotopic (exact) mass is 313 g/mol. The minimum Gasteiger partial charge on any atom is -0.481 e. The minimum atomic E-state index is -0.936. The van der Waals surface area contributed by atoms with Crippen LogP contribution in [-0.4, -0.2) is 31.6 Å². The Morgan fingerprint density at radius 3 is 2.95 bits per heavy atom. The first-order valence-electron chi connectivity index (χ1n) is 5.94. The fraction of sp³-hybridized carbons (Fsp3) is 0.417. The number of carboxylic acids is 1. The highest BCUT2D eigenvalue weighted by Gasteiger charge is 2.25. The highest BCUT2D eigenvalue weighted by Crippen LogP contribution is 2.29. The molecule has 2 aromatic heterocycles. The van der Waals surface area contributed by atoms with Gasteiger partial charge in [0.2, 0.25) is 0 Å². The molecule has 2 N–H and O–H groups in total. The van der Waals surface area contributed by atoms with Crippen LogP contribution in [0.3, 0.4) is 0 Å². The fourth-order valence-electron chi connectivity index (χ4n) is 1.82. The first-order chi connectivity index (χ1) is 9.40. The maximum Gasteiger partial charge on any atom is 0.344 e. The van der Waals surface area contributed by atoms with Gasteiger partial charge in [0.1, 0.15) is 0 Å². The van der Waals surface area contributed by atoms with Gasteiger partial charge in [-0.05, 0) is 11.4 Å². The lowest BCUT2D eigenvalue weighted by atomic mass is 9.91. The summed E-state index contributed by atoms with van der Waals surface area (Å²) in [5.74, 6) is -1.06. The first-order valence-corrected chi connectivity index (χ1v) is 7.80. The van der Waals surface area contributed by atoms with Gasteiger partial charge in [-0.1, -0.05) is 31.7 Å². The van der Waals surface area contributed by atoms with Crippen molar-refractivity contribution in [2.45, 2.75) is 31.0 Å². The number of thioether (sulfide) groups is 1. The van der Waals surface area contributed by atoms with Crippen LogP contribution in [-0.2, 0) is 16.8 Å². The average Bonchev–Trinajstić information content (AvgIpc) is 2.99. The molecule has 0 bridgehead atoms. The molecule has 0 aromatic carbocycles. The SMILES string of the molecule is CC(C)(Cn1c(SCC(=O)O)n[nH]c1=O)c1cccs1. The molecule has 0 aliphatic carbocycles. The Hall–Kier alpha value is -1.54. The summed E-state index contributed by atoms with van der Waals surface area (Å²) in [4.78, 5) is 23.6. The second-order valence-electron chi connectivity index (χ2n) is 4.94. The Bertz CT molecular complexity index is 643. The van der Waals surface area contributed by atoms with Crippen molar-refractivity contribution in [3.05, 3.63) is 32.9 Å². The molecule has 2 rings (SSSR count). The van der Waals surface area contributed by atoms with Crippen molar-refractivity contribution in [1.82, 2.24) is 14.8 Å². The Balaban J connectivity index is 2.22. The Morgan fingerprint density at radius 2 is 2.35 bits per heavy atom. The molecule has 0 aliphatic rings. The summed E-state index contributed by atoms with van der Waals surface area (Å²) in [6.45, 7) is 4.54. The number of rotatable bonds is 6. The number of nitrogens with one attached hydrogen (secondary N) is 1. The lowest BCUT2D eigenvalue weighted by Gasteiger charge is -2.23. The third kappa shape index (κ3) is 3.31. The van der Waals surface area contributed by atoms with E-state index < -0.39 is 5.97 Å². The van der Waals surface area contributed by atoms with E-state index in [1.807, 2.05) is 31.4 Å². The van der Waals surface area contributed by atoms with Gasteiger partial charge >= 0.3 is 11.7 Å². The number of aromatic nitrogens is 3. The largest absolute Gasteiger partial charge is 0.481 e. The third-order valence-corrected chi connectivity index (χ3v) is 4.99. The summed E-state index contributed by atoms with van der Waals surface area (Å²) >= 11 is 2.67. The number of H-pyrrole nitrogens is 1. The van der Waals surface area contributed by atoms with Gasteiger partial charge in [-0.2, -0.15) is 0 Å². The van der Waals surface area contributed by atoms with Crippen LogP contribution in [0.4, 0.5) is 0 Å². The van der Waals surface area contributed by atoms with Gasteiger partial charge in [0.05, 0.1) is 5.75 Å². The van der Waals surface area contributed by atoms with Crippen molar-refractivity contribution in [1.29, 1.82) is 0 Å². The van der Waals surface area contributed by atoms with Crippen LogP contribution in [0.25, 0.3) is 0 Å². The summed E-state index contributed by atoms with van der Waals surface area (Å²) in [5, 5.41) is 17.4. The highest BCUT2D eigenvalue weighted by molar-refractivity contribution is 7.99. The van der Waals surface area contributed by atoms with Crippen LogP contribution >= 0.6 is 23.1 Å². The zero-order valence-corrected chi connectivity index (χ0v) is 12.8. The van der Waals surface area contributed by atoms with Gasteiger partial charge in [0.25, 0.3) is 0 Å². The molecule has 2 heterocycles. The van der Waals surface area contributed by atoms with Gasteiger partial charge < -0.3 is 5.11 Å². The summed E-state index contributed by atoms with van der Waals surface area (Å²) in [6, 6.07) is 4.00. The van der Waals surface area contributed by atoms with Crippen molar-refractivity contribution in [3.63, 3.8) is 0 Å². The molecule has 0 atom stereocenters. The van der Waals surface area contributed by atoms with Crippen molar-refractivity contribution < 1.29 is 9.90 Å². The standard InChI is InChI=1S/C12H15N3O3S2/c1-12(2,8-4-3-5-19-8)7-15-10(18)13-14-11(15)20-6-9(16)17/h3-5H,6-7H2,1-2H3,(H,13,18)(H,16,17). The van der Waals surface area contributed by atoms with Gasteiger partial charge in [-0.3, -0.25) is 9.36 Å². The predicted molar refractivity (Wildman–Crippen MR) is 78.6 cm³/mol. The highest BCUT2D eigenvalue weighted by atomic mass is 32.2.